The van der Waals surface area contributed by atoms with Gasteiger partial charge in [-0.15, -0.1) is 0 Å². The van der Waals surface area contributed by atoms with Crippen molar-refractivity contribution in [1.29, 1.82) is 0 Å². The van der Waals surface area contributed by atoms with Crippen LogP contribution in [0.3, 0.4) is 0 Å². The molecule has 1 amide bonds. The maximum absolute atomic E-state index is 13.0. The highest BCUT2D eigenvalue weighted by molar-refractivity contribution is 5.94. The highest BCUT2D eigenvalue weighted by atomic mass is 16.5. The van der Waals surface area contributed by atoms with E-state index in [9.17, 15) is 14.7 Å². The van der Waals surface area contributed by atoms with Crippen LogP contribution in [0.4, 0.5) is 0 Å². The molecule has 7 nitrogen and oxygen atoms in total. The third-order valence-electron chi connectivity index (χ3n) is 6.61. The number of rotatable bonds is 8. The van der Waals surface area contributed by atoms with Gasteiger partial charge in [-0.1, -0.05) is 54.6 Å². The van der Waals surface area contributed by atoms with Crippen LogP contribution in [-0.2, 0) is 29.0 Å². The lowest BCUT2D eigenvalue weighted by atomic mass is 9.93. The molecule has 0 unspecified atom stereocenters. The van der Waals surface area contributed by atoms with E-state index < -0.39 is 12.0 Å². The minimum Gasteiger partial charge on any atom is -0.493 e. The van der Waals surface area contributed by atoms with Crippen molar-refractivity contribution in [2.75, 3.05) is 6.61 Å². The van der Waals surface area contributed by atoms with Gasteiger partial charge in [-0.2, -0.15) is 0 Å². The van der Waals surface area contributed by atoms with Crippen LogP contribution in [0.25, 0.3) is 17.5 Å². The Morgan fingerprint density at radius 2 is 1.79 bits per heavy atom. The van der Waals surface area contributed by atoms with Gasteiger partial charge in [0.25, 0.3) is 0 Å². The van der Waals surface area contributed by atoms with Gasteiger partial charge in [0.2, 0.25) is 11.8 Å². The third kappa shape index (κ3) is 5.67. The normalized spacial score (nSPS) is 14.9. The number of aryl methyl sites for hydroxylation is 1. The fourth-order valence-corrected chi connectivity index (χ4v) is 4.56. The van der Waals surface area contributed by atoms with Gasteiger partial charge in [0, 0.05) is 31.0 Å². The van der Waals surface area contributed by atoms with Gasteiger partial charge in [-0.3, -0.25) is 4.79 Å². The van der Waals surface area contributed by atoms with Crippen LogP contribution in [0, 0.1) is 6.92 Å². The number of carbonyl (C=O) groups excluding carboxylic acids is 1. The molecule has 1 aliphatic heterocycles. The summed E-state index contributed by atoms with van der Waals surface area (Å²) in [4.78, 5) is 31.0. The molecule has 5 rings (SSSR count). The Kier molecular flexibility index (Phi) is 7.35. The second kappa shape index (κ2) is 11.2. The molecule has 0 spiro atoms. The molecule has 4 aromatic rings. The van der Waals surface area contributed by atoms with E-state index in [0.29, 0.717) is 24.7 Å². The Labute approximate surface area is 221 Å². The number of hydrogen-bond donors (Lipinski definition) is 1. The van der Waals surface area contributed by atoms with Crippen molar-refractivity contribution in [3.8, 4) is 17.2 Å². The lowest BCUT2D eigenvalue weighted by Gasteiger charge is -2.34. The number of aliphatic carboxylic acids is 1. The first kappa shape index (κ1) is 25.0. The molecule has 1 N–H and O–H groups in total. The number of amides is 1. The number of carboxylic acids is 1. The van der Waals surface area contributed by atoms with Gasteiger partial charge in [-0.25, -0.2) is 9.78 Å². The van der Waals surface area contributed by atoms with Crippen molar-refractivity contribution < 1.29 is 23.8 Å². The van der Waals surface area contributed by atoms with E-state index in [1.807, 2.05) is 85.8 Å². The molecule has 0 aliphatic carbocycles. The molecule has 0 saturated heterocycles. The Hall–Kier alpha value is -4.65. The van der Waals surface area contributed by atoms with E-state index in [0.717, 1.165) is 33.7 Å². The molecule has 192 valence electrons. The zero-order valence-electron chi connectivity index (χ0n) is 21.0. The van der Waals surface area contributed by atoms with E-state index in [1.165, 1.54) is 11.0 Å². The molecule has 1 aromatic heterocycles. The number of aromatic nitrogens is 1. The molecule has 0 saturated carbocycles. The smallest absolute Gasteiger partial charge is 0.326 e. The van der Waals surface area contributed by atoms with Crippen molar-refractivity contribution in [2.45, 2.75) is 32.4 Å². The first-order valence-corrected chi connectivity index (χ1v) is 12.5. The third-order valence-corrected chi connectivity index (χ3v) is 6.61. The predicted molar refractivity (Wildman–Crippen MR) is 143 cm³/mol. The van der Waals surface area contributed by atoms with Crippen LogP contribution in [0.5, 0.6) is 5.75 Å². The Morgan fingerprint density at radius 3 is 2.53 bits per heavy atom. The summed E-state index contributed by atoms with van der Waals surface area (Å²) < 4.78 is 11.8. The summed E-state index contributed by atoms with van der Waals surface area (Å²) in [5.74, 6) is 0.652. The van der Waals surface area contributed by atoms with Crippen LogP contribution >= 0.6 is 0 Å². The molecule has 0 bridgehead atoms. The summed E-state index contributed by atoms with van der Waals surface area (Å²) in [7, 11) is 0. The summed E-state index contributed by atoms with van der Waals surface area (Å²) in [5, 5.41) is 9.79. The number of nitrogens with zero attached hydrogens (tertiary/aromatic N) is 2. The van der Waals surface area contributed by atoms with Crippen molar-refractivity contribution >= 4 is 18.0 Å². The van der Waals surface area contributed by atoms with Gasteiger partial charge in [0.15, 0.2) is 0 Å². The molecule has 38 heavy (non-hydrogen) atoms. The average molecular weight is 509 g/mol. The lowest BCUT2D eigenvalue weighted by Crippen LogP contribution is -2.48. The first-order valence-electron chi connectivity index (χ1n) is 12.5. The zero-order chi connectivity index (χ0) is 26.5. The van der Waals surface area contributed by atoms with Crippen LogP contribution in [0.1, 0.15) is 28.1 Å². The second-order valence-electron chi connectivity index (χ2n) is 9.19. The van der Waals surface area contributed by atoms with Gasteiger partial charge >= 0.3 is 5.97 Å². The van der Waals surface area contributed by atoms with Crippen LogP contribution in [0.2, 0.25) is 0 Å². The molecule has 2 heterocycles. The maximum Gasteiger partial charge on any atom is 0.326 e. The number of hydrogen-bond acceptors (Lipinski definition) is 5. The van der Waals surface area contributed by atoms with E-state index in [4.69, 9.17) is 9.15 Å². The van der Waals surface area contributed by atoms with E-state index >= 15 is 0 Å². The van der Waals surface area contributed by atoms with E-state index in [2.05, 4.69) is 4.98 Å². The topological polar surface area (TPSA) is 92.9 Å². The summed E-state index contributed by atoms with van der Waals surface area (Å²) in [5.41, 5.74) is 4.42. The SMILES string of the molecule is Cc1oc(-c2ccccc2)nc1CCOc1ccc2c(c1)CN(C(=O)/C=C/c1ccccc1)[C@H](C(=O)O)C2. The summed E-state index contributed by atoms with van der Waals surface area (Å²) in [6.07, 6.45) is 3.96. The molecule has 7 heteroatoms. The average Bonchev–Trinajstić information content (AvgIpc) is 3.32. The quantitative estimate of drug-likeness (QED) is 0.324. The van der Waals surface area contributed by atoms with Crippen LogP contribution in [-0.4, -0.2) is 39.5 Å². The van der Waals surface area contributed by atoms with Crippen LogP contribution < -0.4 is 4.74 Å². The van der Waals surface area contributed by atoms with Crippen molar-refractivity contribution in [3.05, 3.63) is 113 Å². The van der Waals surface area contributed by atoms with Gasteiger partial charge < -0.3 is 19.2 Å². The standard InChI is InChI=1S/C31H28N2O5/c1-21-27(32-30(38-21)23-10-6-3-7-11-23)16-17-37-26-14-13-24-19-28(31(35)36)33(20-25(24)18-26)29(34)15-12-22-8-4-2-5-9-22/h2-15,18,28H,16-17,19-20H2,1H3,(H,35,36)/b15-12+/t28-/m0/s1. The largest absolute Gasteiger partial charge is 0.493 e. The Balaban J connectivity index is 1.25. The number of carboxylic acid groups (broad SMARTS) is 1. The van der Waals surface area contributed by atoms with Gasteiger partial charge in [-0.05, 0) is 54.0 Å². The minimum atomic E-state index is -1.02. The van der Waals surface area contributed by atoms with Gasteiger partial charge in [0.05, 0.1) is 12.3 Å². The molecular weight excluding hydrogens is 480 g/mol. The van der Waals surface area contributed by atoms with E-state index in [1.54, 1.807) is 6.08 Å². The number of ether oxygens (including phenoxy) is 1. The molecule has 1 aliphatic rings. The monoisotopic (exact) mass is 508 g/mol. The van der Waals surface area contributed by atoms with Crippen molar-refractivity contribution in [1.82, 2.24) is 9.88 Å². The zero-order valence-corrected chi connectivity index (χ0v) is 21.0. The Morgan fingerprint density at radius 1 is 1.05 bits per heavy atom. The fourth-order valence-electron chi connectivity index (χ4n) is 4.56. The lowest BCUT2D eigenvalue weighted by molar-refractivity contribution is -0.149. The molecular formula is C31H28N2O5. The van der Waals surface area contributed by atoms with Gasteiger partial charge in [0.1, 0.15) is 17.6 Å². The molecule has 3 aromatic carbocycles. The van der Waals surface area contributed by atoms with Crippen LogP contribution in [0.15, 0.2) is 89.4 Å². The first-order chi connectivity index (χ1) is 18.5. The summed E-state index contributed by atoms with van der Waals surface area (Å²) >= 11 is 0. The molecule has 1 atom stereocenters. The highest BCUT2D eigenvalue weighted by Gasteiger charge is 2.34. The fraction of sp³-hybridized carbons (Fsp3) is 0.194. The predicted octanol–water partition coefficient (Wildman–Crippen LogP) is 5.32. The minimum absolute atomic E-state index is 0.199. The Bertz CT molecular complexity index is 1460. The number of benzene rings is 3. The maximum atomic E-state index is 13.0. The number of carbonyl (C=O) groups is 2. The summed E-state index contributed by atoms with van der Waals surface area (Å²) in [6, 6.07) is 23.9. The molecule has 0 fully saturated rings. The van der Waals surface area contributed by atoms with Crippen molar-refractivity contribution in [3.63, 3.8) is 0 Å². The van der Waals surface area contributed by atoms with Crippen molar-refractivity contribution in [2.24, 2.45) is 0 Å². The molecule has 0 radical (unpaired) electrons. The highest BCUT2D eigenvalue weighted by Crippen LogP contribution is 2.28. The summed E-state index contributed by atoms with van der Waals surface area (Å²) in [6.45, 7) is 2.50. The van der Waals surface area contributed by atoms with E-state index in [-0.39, 0.29) is 18.9 Å². The second-order valence-corrected chi connectivity index (χ2v) is 9.19. The number of fused-ring (bicyclic) bond motifs is 1. The number of oxazole rings is 1.